The molecule has 4 nitrogen and oxygen atoms in total. The highest BCUT2D eigenvalue weighted by Gasteiger charge is 2.19. The van der Waals surface area contributed by atoms with Crippen LogP contribution in [-0.2, 0) is 4.79 Å². The Hall–Kier alpha value is -2.10. The Morgan fingerprint density at radius 1 is 1.50 bits per heavy atom. The molecule has 1 aliphatic carbocycles. The minimum atomic E-state index is -0.135. The predicted octanol–water partition coefficient (Wildman–Crippen LogP) is 2.42. The van der Waals surface area contributed by atoms with Gasteiger partial charge in [-0.15, -0.1) is 0 Å². The van der Waals surface area contributed by atoms with Crippen molar-refractivity contribution in [3.63, 3.8) is 0 Å². The van der Waals surface area contributed by atoms with Gasteiger partial charge < -0.3 is 10.3 Å². The van der Waals surface area contributed by atoms with Crippen molar-refractivity contribution in [2.45, 2.75) is 26.2 Å². The highest BCUT2D eigenvalue weighted by atomic mass is 16.2. The third-order valence-electron chi connectivity index (χ3n) is 3.29. The van der Waals surface area contributed by atoms with Crippen molar-refractivity contribution < 1.29 is 4.79 Å². The molecule has 4 heteroatoms. The molecular weight excluding hydrogens is 226 g/mol. The molecule has 1 atom stereocenters. The number of allylic oxidation sites excluding steroid dienone is 1. The molecule has 1 aromatic rings. The van der Waals surface area contributed by atoms with Gasteiger partial charge in [0.1, 0.15) is 11.5 Å². The Balaban J connectivity index is 1.98. The number of H-pyrrole nitrogens is 1. The number of hydrogen-bond donors (Lipinski definition) is 2. The SMILES string of the molecule is CC1=N/C(=C\c2cc3c([nH]2)C(C)CC=C3)C(=O)N1. The molecular formula is C14H15N3O. The fraction of sp³-hybridized carbons (Fsp3) is 0.286. The number of aliphatic imine (C=N–C) groups is 1. The monoisotopic (exact) mass is 241 g/mol. The van der Waals surface area contributed by atoms with E-state index in [1.165, 1.54) is 11.3 Å². The molecule has 1 amide bonds. The van der Waals surface area contributed by atoms with Gasteiger partial charge in [0.05, 0.1) is 0 Å². The zero-order chi connectivity index (χ0) is 12.7. The molecule has 0 saturated heterocycles. The van der Waals surface area contributed by atoms with E-state index in [4.69, 9.17) is 0 Å². The maximum Gasteiger partial charge on any atom is 0.275 e. The number of aromatic amines is 1. The standard InChI is InChI=1S/C14H15N3O/c1-8-4-3-5-10-6-11(17-13(8)10)7-12-14(18)16-9(2)15-12/h3,5-8,17H,4H2,1-2H3,(H,15,16,18)/b12-7-. The van der Waals surface area contributed by atoms with Gasteiger partial charge in [-0.3, -0.25) is 4.79 Å². The minimum absolute atomic E-state index is 0.135. The predicted molar refractivity (Wildman–Crippen MR) is 72.1 cm³/mol. The molecule has 2 N–H and O–H groups in total. The van der Waals surface area contributed by atoms with E-state index < -0.39 is 0 Å². The second-order valence-corrected chi connectivity index (χ2v) is 4.81. The highest BCUT2D eigenvalue weighted by Crippen LogP contribution is 2.29. The maximum atomic E-state index is 11.6. The number of rotatable bonds is 1. The largest absolute Gasteiger partial charge is 0.358 e. The van der Waals surface area contributed by atoms with Crippen LogP contribution in [0.4, 0.5) is 0 Å². The Morgan fingerprint density at radius 3 is 3.00 bits per heavy atom. The molecule has 0 spiro atoms. The van der Waals surface area contributed by atoms with E-state index in [-0.39, 0.29) is 5.91 Å². The summed E-state index contributed by atoms with van der Waals surface area (Å²) < 4.78 is 0. The maximum absolute atomic E-state index is 11.6. The van der Waals surface area contributed by atoms with Crippen molar-refractivity contribution >= 4 is 23.9 Å². The summed E-state index contributed by atoms with van der Waals surface area (Å²) in [5.41, 5.74) is 3.84. The van der Waals surface area contributed by atoms with Gasteiger partial charge in [-0.1, -0.05) is 19.1 Å². The van der Waals surface area contributed by atoms with E-state index in [9.17, 15) is 4.79 Å². The number of aromatic nitrogens is 1. The van der Waals surface area contributed by atoms with Crippen LogP contribution in [0.25, 0.3) is 12.2 Å². The number of hydrogen-bond acceptors (Lipinski definition) is 2. The first-order valence-corrected chi connectivity index (χ1v) is 6.11. The van der Waals surface area contributed by atoms with Gasteiger partial charge in [-0.05, 0) is 31.1 Å². The molecule has 1 aromatic heterocycles. The second kappa shape index (κ2) is 3.98. The Kier molecular flexibility index (Phi) is 2.44. The normalized spacial score (nSPS) is 24.1. The summed E-state index contributed by atoms with van der Waals surface area (Å²) in [6.45, 7) is 3.98. The van der Waals surface area contributed by atoms with Crippen LogP contribution in [0.3, 0.4) is 0 Å². The molecule has 2 heterocycles. The van der Waals surface area contributed by atoms with E-state index >= 15 is 0 Å². The molecule has 0 saturated carbocycles. The molecule has 1 unspecified atom stereocenters. The van der Waals surface area contributed by atoms with Gasteiger partial charge in [0.2, 0.25) is 0 Å². The van der Waals surface area contributed by atoms with Crippen LogP contribution in [0.5, 0.6) is 0 Å². The van der Waals surface area contributed by atoms with Crippen LogP contribution in [0.1, 0.15) is 43.1 Å². The number of carbonyl (C=O) groups is 1. The molecule has 0 fully saturated rings. The zero-order valence-electron chi connectivity index (χ0n) is 10.4. The van der Waals surface area contributed by atoms with Crippen LogP contribution in [0.2, 0.25) is 0 Å². The average Bonchev–Trinajstić information content (AvgIpc) is 2.84. The van der Waals surface area contributed by atoms with Gasteiger partial charge in [0.15, 0.2) is 0 Å². The van der Waals surface area contributed by atoms with Crippen molar-refractivity contribution in [1.82, 2.24) is 10.3 Å². The van der Waals surface area contributed by atoms with Crippen molar-refractivity contribution in [3.05, 3.63) is 34.8 Å². The van der Waals surface area contributed by atoms with E-state index in [1.807, 2.05) is 0 Å². The Labute approximate surface area is 106 Å². The summed E-state index contributed by atoms with van der Waals surface area (Å²) in [5, 5.41) is 2.67. The summed E-state index contributed by atoms with van der Waals surface area (Å²) in [5.74, 6) is 1.01. The molecule has 3 rings (SSSR count). The Morgan fingerprint density at radius 2 is 2.33 bits per heavy atom. The molecule has 18 heavy (non-hydrogen) atoms. The van der Waals surface area contributed by atoms with Gasteiger partial charge in [-0.25, -0.2) is 4.99 Å². The minimum Gasteiger partial charge on any atom is -0.358 e. The van der Waals surface area contributed by atoms with Gasteiger partial charge in [0.25, 0.3) is 5.91 Å². The first kappa shape index (κ1) is 11.0. The molecule has 1 aliphatic heterocycles. The van der Waals surface area contributed by atoms with Crippen molar-refractivity contribution in [1.29, 1.82) is 0 Å². The van der Waals surface area contributed by atoms with Crippen molar-refractivity contribution in [2.75, 3.05) is 0 Å². The lowest BCUT2D eigenvalue weighted by Crippen LogP contribution is -2.21. The molecule has 0 aromatic carbocycles. The first-order chi connectivity index (χ1) is 8.63. The van der Waals surface area contributed by atoms with E-state index in [1.54, 1.807) is 13.0 Å². The number of nitrogens with one attached hydrogen (secondary N) is 2. The number of nitrogens with zero attached hydrogens (tertiary/aromatic N) is 1. The summed E-state index contributed by atoms with van der Waals surface area (Å²) in [6.07, 6.45) is 7.16. The smallest absolute Gasteiger partial charge is 0.275 e. The zero-order valence-corrected chi connectivity index (χ0v) is 10.4. The van der Waals surface area contributed by atoms with Crippen LogP contribution in [0, 0.1) is 0 Å². The lowest BCUT2D eigenvalue weighted by molar-refractivity contribution is -0.115. The lowest BCUT2D eigenvalue weighted by atomic mass is 9.95. The number of amidine groups is 1. The van der Waals surface area contributed by atoms with Crippen LogP contribution in [0.15, 0.2) is 22.8 Å². The van der Waals surface area contributed by atoms with Crippen LogP contribution in [-0.4, -0.2) is 16.7 Å². The van der Waals surface area contributed by atoms with E-state index in [0.29, 0.717) is 17.5 Å². The van der Waals surface area contributed by atoms with Crippen LogP contribution < -0.4 is 5.32 Å². The van der Waals surface area contributed by atoms with Crippen molar-refractivity contribution in [2.24, 2.45) is 4.99 Å². The number of fused-ring (bicyclic) bond motifs is 1. The van der Waals surface area contributed by atoms with Gasteiger partial charge >= 0.3 is 0 Å². The summed E-state index contributed by atoms with van der Waals surface area (Å²) in [6, 6.07) is 2.06. The molecule has 2 aliphatic rings. The summed E-state index contributed by atoms with van der Waals surface area (Å²) in [4.78, 5) is 19.1. The average molecular weight is 241 g/mol. The van der Waals surface area contributed by atoms with Crippen molar-refractivity contribution in [3.8, 4) is 0 Å². The fourth-order valence-electron chi connectivity index (χ4n) is 2.38. The third kappa shape index (κ3) is 1.79. The van der Waals surface area contributed by atoms with E-state index in [2.05, 4.69) is 40.4 Å². The summed E-state index contributed by atoms with van der Waals surface area (Å²) >= 11 is 0. The van der Waals surface area contributed by atoms with Crippen LogP contribution >= 0.6 is 0 Å². The molecule has 92 valence electrons. The quantitative estimate of drug-likeness (QED) is 0.729. The van der Waals surface area contributed by atoms with Gasteiger partial charge in [-0.2, -0.15) is 0 Å². The third-order valence-corrected chi connectivity index (χ3v) is 3.29. The first-order valence-electron chi connectivity index (χ1n) is 6.11. The lowest BCUT2D eigenvalue weighted by Gasteiger charge is -2.12. The van der Waals surface area contributed by atoms with E-state index in [0.717, 1.165) is 12.1 Å². The molecule has 0 radical (unpaired) electrons. The second-order valence-electron chi connectivity index (χ2n) is 4.81. The number of carbonyl (C=O) groups excluding carboxylic acids is 1. The van der Waals surface area contributed by atoms with Gasteiger partial charge in [0, 0.05) is 17.3 Å². The molecule has 0 bridgehead atoms. The Bertz CT molecular complexity index is 605. The number of amides is 1. The summed E-state index contributed by atoms with van der Waals surface area (Å²) in [7, 11) is 0. The topological polar surface area (TPSA) is 57.2 Å². The fourth-order valence-corrected chi connectivity index (χ4v) is 2.38. The highest BCUT2D eigenvalue weighted by molar-refractivity contribution is 6.13.